The van der Waals surface area contributed by atoms with Crippen molar-refractivity contribution >= 4 is 40.1 Å². The third kappa shape index (κ3) is 4.55. The molecule has 11 heteroatoms. The number of hydrogen-bond donors (Lipinski definition) is 1. The Morgan fingerprint density at radius 1 is 1.41 bits per heavy atom. The molecule has 0 radical (unpaired) electrons. The summed E-state index contributed by atoms with van der Waals surface area (Å²) in [5.41, 5.74) is 1.42. The minimum atomic E-state index is -0.375. The van der Waals surface area contributed by atoms with Crippen molar-refractivity contribution in [3.05, 3.63) is 29.2 Å². The quantitative estimate of drug-likeness (QED) is 0.469. The Balaban J connectivity index is 1.56. The van der Waals surface area contributed by atoms with E-state index >= 15 is 0 Å². The highest BCUT2D eigenvalue weighted by molar-refractivity contribution is 7.99. The first-order valence-corrected chi connectivity index (χ1v) is 9.72. The fourth-order valence-electron chi connectivity index (χ4n) is 2.24. The number of ether oxygens (including phenoxy) is 1. The average molecular weight is 407 g/mol. The van der Waals surface area contributed by atoms with Crippen LogP contribution in [0.15, 0.2) is 27.3 Å². The van der Waals surface area contributed by atoms with E-state index in [1.165, 1.54) is 30.2 Å². The van der Waals surface area contributed by atoms with Crippen LogP contribution in [-0.2, 0) is 27.8 Å². The number of furan rings is 1. The largest absolute Gasteiger partial charge is 0.469 e. The molecule has 3 heterocycles. The molecule has 0 unspecified atom stereocenters. The molecule has 3 aromatic heterocycles. The van der Waals surface area contributed by atoms with Gasteiger partial charge >= 0.3 is 5.97 Å². The van der Waals surface area contributed by atoms with Gasteiger partial charge in [-0.1, -0.05) is 11.8 Å². The second-order valence-corrected chi connectivity index (χ2v) is 7.29. The molecule has 0 spiro atoms. The summed E-state index contributed by atoms with van der Waals surface area (Å²) in [5, 5.41) is 13.8. The number of hydrogen-bond acceptors (Lipinski definition) is 9. The van der Waals surface area contributed by atoms with Gasteiger partial charge in [0, 0.05) is 12.4 Å². The maximum absolute atomic E-state index is 12.1. The van der Waals surface area contributed by atoms with E-state index in [1.807, 2.05) is 24.6 Å². The summed E-state index contributed by atoms with van der Waals surface area (Å²) in [6.45, 7) is 1.85. The monoisotopic (exact) mass is 407 g/mol. The molecule has 142 valence electrons. The van der Waals surface area contributed by atoms with Crippen LogP contribution >= 0.6 is 23.1 Å². The van der Waals surface area contributed by atoms with Gasteiger partial charge < -0.3 is 19.0 Å². The van der Waals surface area contributed by atoms with Crippen LogP contribution in [0.3, 0.4) is 0 Å². The number of thioether (sulfide) groups is 1. The Labute approximate surface area is 163 Å². The standard InChI is InChI=1S/C16H17N5O4S2/c1-9-11(4-5-25-9)14-19-20-16(21(14)2)27-8-12(22)18-15-17-10(7-26-15)6-13(23)24-3/h4-5,7H,6,8H2,1-3H3,(H,17,18,22). The number of thiazole rings is 1. The molecule has 0 aliphatic heterocycles. The number of aromatic nitrogens is 4. The Hall–Kier alpha value is -2.66. The SMILES string of the molecule is COC(=O)Cc1csc(NC(=O)CSc2nnc(-c3ccoc3C)n2C)n1. The van der Waals surface area contributed by atoms with Crippen LogP contribution in [0.5, 0.6) is 0 Å². The number of esters is 1. The molecule has 0 bridgehead atoms. The summed E-state index contributed by atoms with van der Waals surface area (Å²) < 4.78 is 11.7. The summed E-state index contributed by atoms with van der Waals surface area (Å²) in [7, 11) is 3.16. The lowest BCUT2D eigenvalue weighted by atomic mass is 10.2. The van der Waals surface area contributed by atoms with Crippen LogP contribution in [-0.4, -0.2) is 44.5 Å². The Morgan fingerprint density at radius 3 is 2.93 bits per heavy atom. The van der Waals surface area contributed by atoms with Crippen molar-refractivity contribution in [1.82, 2.24) is 19.7 Å². The van der Waals surface area contributed by atoms with Crippen LogP contribution in [0.1, 0.15) is 11.5 Å². The summed E-state index contributed by atoms with van der Waals surface area (Å²) in [6.07, 6.45) is 1.68. The maximum Gasteiger partial charge on any atom is 0.311 e. The predicted molar refractivity (Wildman–Crippen MR) is 101 cm³/mol. The number of methoxy groups -OCH3 is 1. The van der Waals surface area contributed by atoms with Gasteiger partial charge in [-0.05, 0) is 13.0 Å². The molecule has 3 aromatic rings. The van der Waals surface area contributed by atoms with Gasteiger partial charge in [-0.2, -0.15) is 0 Å². The van der Waals surface area contributed by atoms with Crippen molar-refractivity contribution in [2.24, 2.45) is 7.05 Å². The highest BCUT2D eigenvalue weighted by Crippen LogP contribution is 2.26. The molecule has 3 rings (SSSR count). The number of nitrogens with one attached hydrogen (secondary N) is 1. The summed E-state index contributed by atoms with van der Waals surface area (Å²) in [4.78, 5) is 27.6. The smallest absolute Gasteiger partial charge is 0.311 e. The van der Waals surface area contributed by atoms with E-state index in [0.717, 1.165) is 11.3 Å². The Bertz CT molecular complexity index is 962. The first kappa shape index (κ1) is 19.1. The molecule has 0 aromatic carbocycles. The summed E-state index contributed by atoms with van der Waals surface area (Å²) in [5.74, 6) is 0.993. The lowest BCUT2D eigenvalue weighted by Crippen LogP contribution is -2.14. The van der Waals surface area contributed by atoms with Gasteiger partial charge in [0.05, 0.1) is 36.8 Å². The minimum absolute atomic E-state index is 0.0762. The zero-order valence-electron chi connectivity index (χ0n) is 14.9. The highest BCUT2D eigenvalue weighted by Gasteiger charge is 2.16. The molecule has 0 atom stereocenters. The fraction of sp³-hybridized carbons (Fsp3) is 0.312. The van der Waals surface area contributed by atoms with E-state index < -0.39 is 0 Å². The van der Waals surface area contributed by atoms with Gasteiger partial charge in [0.1, 0.15) is 5.76 Å². The van der Waals surface area contributed by atoms with E-state index in [4.69, 9.17) is 4.42 Å². The summed E-state index contributed by atoms with van der Waals surface area (Å²) >= 11 is 2.52. The number of rotatable bonds is 7. The zero-order valence-corrected chi connectivity index (χ0v) is 16.5. The Morgan fingerprint density at radius 2 is 2.22 bits per heavy atom. The van der Waals surface area contributed by atoms with E-state index in [9.17, 15) is 9.59 Å². The van der Waals surface area contributed by atoms with E-state index in [1.54, 1.807) is 11.6 Å². The van der Waals surface area contributed by atoms with Crippen LogP contribution in [0.25, 0.3) is 11.4 Å². The number of amides is 1. The van der Waals surface area contributed by atoms with E-state index in [-0.39, 0.29) is 24.1 Å². The molecule has 27 heavy (non-hydrogen) atoms. The molecule has 0 saturated heterocycles. The number of aryl methyl sites for hydroxylation is 1. The molecule has 1 N–H and O–H groups in total. The number of nitrogens with zero attached hydrogens (tertiary/aromatic N) is 4. The minimum Gasteiger partial charge on any atom is -0.469 e. The lowest BCUT2D eigenvalue weighted by Gasteiger charge is -2.03. The van der Waals surface area contributed by atoms with Crippen LogP contribution in [0.2, 0.25) is 0 Å². The first-order valence-electron chi connectivity index (χ1n) is 7.85. The number of carbonyl (C=O) groups excluding carboxylic acids is 2. The van der Waals surface area contributed by atoms with Gasteiger partial charge in [-0.3, -0.25) is 9.59 Å². The number of carbonyl (C=O) groups is 2. The average Bonchev–Trinajstić information content (AvgIpc) is 3.34. The zero-order chi connectivity index (χ0) is 19.4. The van der Waals surface area contributed by atoms with E-state index in [2.05, 4.69) is 25.2 Å². The second-order valence-electron chi connectivity index (χ2n) is 5.49. The van der Waals surface area contributed by atoms with Gasteiger partial charge in [0.15, 0.2) is 16.1 Å². The van der Waals surface area contributed by atoms with Crippen LogP contribution in [0.4, 0.5) is 5.13 Å². The molecular weight excluding hydrogens is 390 g/mol. The molecule has 1 amide bonds. The molecule has 0 aliphatic rings. The second kappa shape index (κ2) is 8.35. The maximum atomic E-state index is 12.1. The van der Waals surface area contributed by atoms with Crippen molar-refractivity contribution in [2.75, 3.05) is 18.2 Å². The van der Waals surface area contributed by atoms with Crippen LogP contribution < -0.4 is 5.32 Å². The highest BCUT2D eigenvalue weighted by atomic mass is 32.2. The lowest BCUT2D eigenvalue weighted by molar-refractivity contribution is -0.139. The third-order valence-corrected chi connectivity index (χ3v) is 5.44. The van der Waals surface area contributed by atoms with Gasteiger partial charge in [-0.25, -0.2) is 4.98 Å². The predicted octanol–water partition coefficient (Wildman–Crippen LogP) is 2.29. The summed E-state index contributed by atoms with van der Waals surface area (Å²) in [6, 6.07) is 1.83. The molecule has 0 fully saturated rings. The molecule has 0 aliphatic carbocycles. The van der Waals surface area contributed by atoms with Crippen molar-refractivity contribution in [2.45, 2.75) is 18.5 Å². The molecular formula is C16H17N5O4S2. The van der Waals surface area contributed by atoms with Crippen molar-refractivity contribution in [1.29, 1.82) is 0 Å². The fourth-order valence-corrected chi connectivity index (χ4v) is 3.68. The van der Waals surface area contributed by atoms with Crippen molar-refractivity contribution in [3.63, 3.8) is 0 Å². The number of anilines is 1. The third-order valence-electron chi connectivity index (χ3n) is 3.62. The van der Waals surface area contributed by atoms with Crippen LogP contribution in [0, 0.1) is 6.92 Å². The van der Waals surface area contributed by atoms with Gasteiger partial charge in [-0.15, -0.1) is 21.5 Å². The normalized spacial score (nSPS) is 10.8. The van der Waals surface area contributed by atoms with Crippen molar-refractivity contribution < 1.29 is 18.7 Å². The topological polar surface area (TPSA) is 112 Å². The molecule has 0 saturated carbocycles. The van der Waals surface area contributed by atoms with Crippen molar-refractivity contribution in [3.8, 4) is 11.4 Å². The van der Waals surface area contributed by atoms with E-state index in [0.29, 0.717) is 21.8 Å². The first-order chi connectivity index (χ1) is 13.0. The van der Waals surface area contributed by atoms with Gasteiger partial charge in [0.25, 0.3) is 0 Å². The van der Waals surface area contributed by atoms with Gasteiger partial charge in [0.2, 0.25) is 5.91 Å². The molecule has 9 nitrogen and oxygen atoms in total. The Kier molecular flexibility index (Phi) is 5.91.